The van der Waals surface area contributed by atoms with E-state index in [1.807, 2.05) is 13.0 Å². The number of rotatable bonds is 7. The number of carboxylic acids is 1. The predicted molar refractivity (Wildman–Crippen MR) is 93.1 cm³/mol. The third kappa shape index (κ3) is 4.35. The summed E-state index contributed by atoms with van der Waals surface area (Å²) in [7, 11) is 1.52. The van der Waals surface area contributed by atoms with E-state index in [2.05, 4.69) is 15.3 Å². The molecule has 0 aliphatic rings. The first-order chi connectivity index (χ1) is 11.5. The topological polar surface area (TPSA) is 84.3 Å². The number of halogens is 2. The number of hydrogen-bond acceptors (Lipinski definition) is 5. The first-order valence-corrected chi connectivity index (χ1v) is 8.01. The highest BCUT2D eigenvalue weighted by atomic mass is 35.5. The molecule has 1 aromatic heterocycles. The van der Waals surface area contributed by atoms with Gasteiger partial charge in [-0.05, 0) is 24.6 Å². The molecule has 2 N–H and O–H groups in total. The largest absolute Gasteiger partial charge is 0.475 e. The van der Waals surface area contributed by atoms with E-state index in [4.69, 9.17) is 27.9 Å². The Bertz CT molecular complexity index is 726. The molecule has 24 heavy (non-hydrogen) atoms. The fourth-order valence-corrected chi connectivity index (χ4v) is 2.71. The number of nitrogens with zero attached hydrogens (tertiary/aromatic N) is 2. The van der Waals surface area contributed by atoms with Gasteiger partial charge < -0.3 is 15.2 Å². The van der Waals surface area contributed by atoms with Crippen LogP contribution in [0.15, 0.2) is 18.2 Å². The Morgan fingerprint density at radius 1 is 1.33 bits per heavy atom. The van der Waals surface area contributed by atoms with Gasteiger partial charge in [0.05, 0.1) is 12.3 Å². The molecule has 0 amide bonds. The van der Waals surface area contributed by atoms with Gasteiger partial charge in [0.1, 0.15) is 5.82 Å². The molecule has 1 heterocycles. The number of nitrogens with one attached hydrogen (secondary N) is 1. The van der Waals surface area contributed by atoms with Crippen molar-refractivity contribution in [1.29, 1.82) is 0 Å². The molecule has 0 bridgehead atoms. The van der Waals surface area contributed by atoms with Crippen molar-refractivity contribution >= 4 is 35.0 Å². The maximum atomic E-state index is 11.2. The van der Waals surface area contributed by atoms with E-state index in [1.165, 1.54) is 7.11 Å². The minimum Gasteiger partial charge on any atom is -0.475 e. The summed E-state index contributed by atoms with van der Waals surface area (Å²) in [5, 5.41) is 13.3. The van der Waals surface area contributed by atoms with Crippen LogP contribution < -0.4 is 5.32 Å². The van der Waals surface area contributed by atoms with Gasteiger partial charge in [0, 0.05) is 35.7 Å². The fraction of sp³-hybridized carbons (Fsp3) is 0.312. The highest BCUT2D eigenvalue weighted by molar-refractivity contribution is 6.35. The Labute approximate surface area is 149 Å². The number of aromatic nitrogens is 2. The normalized spacial score (nSPS) is 10.7. The molecule has 0 unspecified atom stereocenters. The maximum Gasteiger partial charge on any atom is 0.374 e. The second-order valence-corrected chi connectivity index (χ2v) is 5.85. The average Bonchev–Trinajstić information content (AvgIpc) is 2.52. The van der Waals surface area contributed by atoms with E-state index in [-0.39, 0.29) is 12.4 Å². The van der Waals surface area contributed by atoms with Crippen molar-refractivity contribution in [3.05, 3.63) is 50.9 Å². The second-order valence-electron chi connectivity index (χ2n) is 5.00. The number of carboxylic acid groups (broad SMARTS) is 1. The van der Waals surface area contributed by atoms with E-state index in [0.29, 0.717) is 34.5 Å². The lowest BCUT2D eigenvalue weighted by atomic mass is 10.0. The van der Waals surface area contributed by atoms with Crippen LogP contribution in [-0.2, 0) is 17.8 Å². The molecule has 6 nitrogen and oxygen atoms in total. The van der Waals surface area contributed by atoms with Gasteiger partial charge in [0.15, 0.2) is 0 Å². The summed E-state index contributed by atoms with van der Waals surface area (Å²) in [4.78, 5) is 19.5. The van der Waals surface area contributed by atoms with Gasteiger partial charge in [-0.25, -0.2) is 14.8 Å². The summed E-state index contributed by atoms with van der Waals surface area (Å²) in [6.45, 7) is 2.66. The van der Waals surface area contributed by atoms with Crippen molar-refractivity contribution in [2.24, 2.45) is 0 Å². The number of ether oxygens (including phenoxy) is 1. The van der Waals surface area contributed by atoms with Gasteiger partial charge in [-0.1, -0.05) is 29.3 Å². The number of anilines is 1. The van der Waals surface area contributed by atoms with E-state index in [9.17, 15) is 9.90 Å². The smallest absolute Gasteiger partial charge is 0.374 e. The molecule has 0 saturated carbocycles. The van der Waals surface area contributed by atoms with Crippen molar-refractivity contribution < 1.29 is 14.6 Å². The van der Waals surface area contributed by atoms with Crippen LogP contribution in [0.1, 0.15) is 34.4 Å². The minimum atomic E-state index is -1.19. The van der Waals surface area contributed by atoms with Crippen molar-refractivity contribution in [2.45, 2.75) is 20.0 Å². The standard InChI is InChI=1S/C16H17Cl2N3O3/c1-3-19-14-11(6-9-4-5-10(17)7-12(9)18)13(8-24-2)20-15(21-14)16(22)23/h4-5,7H,3,6,8H2,1-2H3,(H,22,23)(H,19,20,21). The van der Waals surface area contributed by atoms with Crippen molar-refractivity contribution in [1.82, 2.24) is 9.97 Å². The molecule has 1 aromatic carbocycles. The maximum absolute atomic E-state index is 11.2. The molecular formula is C16H17Cl2N3O3. The summed E-state index contributed by atoms with van der Waals surface area (Å²) >= 11 is 12.2. The Morgan fingerprint density at radius 3 is 2.67 bits per heavy atom. The number of hydrogen-bond donors (Lipinski definition) is 2. The van der Waals surface area contributed by atoms with Gasteiger partial charge in [0.2, 0.25) is 5.82 Å². The third-order valence-electron chi connectivity index (χ3n) is 3.29. The average molecular weight is 370 g/mol. The number of methoxy groups -OCH3 is 1. The molecule has 2 rings (SSSR count). The van der Waals surface area contributed by atoms with E-state index in [1.54, 1.807) is 12.1 Å². The van der Waals surface area contributed by atoms with Gasteiger partial charge in [0.25, 0.3) is 0 Å². The van der Waals surface area contributed by atoms with Crippen LogP contribution >= 0.6 is 23.2 Å². The molecule has 2 aromatic rings. The lowest BCUT2D eigenvalue weighted by Gasteiger charge is -2.15. The summed E-state index contributed by atoms with van der Waals surface area (Å²) < 4.78 is 5.16. The summed E-state index contributed by atoms with van der Waals surface area (Å²) in [5.41, 5.74) is 2.09. The Kier molecular flexibility index (Phi) is 6.36. The minimum absolute atomic E-state index is 0.168. The van der Waals surface area contributed by atoms with E-state index < -0.39 is 5.97 Å². The molecule has 128 valence electrons. The Morgan fingerprint density at radius 2 is 2.08 bits per heavy atom. The SMILES string of the molecule is CCNc1nc(C(=O)O)nc(COC)c1Cc1ccc(Cl)cc1Cl. The monoisotopic (exact) mass is 369 g/mol. The molecule has 0 spiro atoms. The Balaban J connectivity index is 2.54. The van der Waals surface area contributed by atoms with Crippen molar-refractivity contribution in [3.8, 4) is 0 Å². The Hall–Kier alpha value is -1.89. The summed E-state index contributed by atoms with van der Waals surface area (Å²) in [6.07, 6.45) is 0.428. The highest BCUT2D eigenvalue weighted by Crippen LogP contribution is 2.27. The van der Waals surface area contributed by atoms with Crippen LogP contribution in [0.4, 0.5) is 5.82 Å². The second kappa shape index (κ2) is 8.28. The lowest BCUT2D eigenvalue weighted by molar-refractivity contribution is 0.0682. The van der Waals surface area contributed by atoms with Crippen molar-refractivity contribution in [3.63, 3.8) is 0 Å². The van der Waals surface area contributed by atoms with Crippen LogP contribution in [0.2, 0.25) is 10.0 Å². The van der Waals surface area contributed by atoms with Crippen LogP contribution in [-0.4, -0.2) is 34.7 Å². The van der Waals surface area contributed by atoms with Gasteiger partial charge in [-0.15, -0.1) is 0 Å². The first kappa shape index (κ1) is 18.4. The zero-order chi connectivity index (χ0) is 17.7. The molecular weight excluding hydrogens is 353 g/mol. The summed E-state index contributed by atoms with van der Waals surface area (Å²) in [5.74, 6) is -1.01. The van der Waals surface area contributed by atoms with Crippen LogP contribution in [0, 0.1) is 0 Å². The van der Waals surface area contributed by atoms with Crippen LogP contribution in [0.5, 0.6) is 0 Å². The molecule has 0 aliphatic carbocycles. The fourth-order valence-electron chi connectivity index (χ4n) is 2.24. The zero-order valence-electron chi connectivity index (χ0n) is 13.3. The highest BCUT2D eigenvalue weighted by Gasteiger charge is 2.19. The molecule has 8 heteroatoms. The third-order valence-corrected chi connectivity index (χ3v) is 3.88. The van der Waals surface area contributed by atoms with Gasteiger partial charge in [-0.2, -0.15) is 0 Å². The molecule has 0 atom stereocenters. The van der Waals surface area contributed by atoms with Crippen LogP contribution in [0.25, 0.3) is 0 Å². The first-order valence-electron chi connectivity index (χ1n) is 7.26. The number of aromatic carboxylic acids is 1. The number of benzene rings is 1. The van der Waals surface area contributed by atoms with Gasteiger partial charge in [-0.3, -0.25) is 0 Å². The molecule has 0 saturated heterocycles. The van der Waals surface area contributed by atoms with Gasteiger partial charge >= 0.3 is 5.97 Å². The number of carbonyl (C=O) groups is 1. The predicted octanol–water partition coefficient (Wildman–Crippen LogP) is 3.65. The summed E-state index contributed by atoms with van der Waals surface area (Å²) in [6, 6.07) is 5.23. The lowest BCUT2D eigenvalue weighted by Crippen LogP contribution is -2.15. The molecule has 0 radical (unpaired) electrons. The zero-order valence-corrected chi connectivity index (χ0v) is 14.8. The van der Waals surface area contributed by atoms with Crippen LogP contribution in [0.3, 0.4) is 0 Å². The molecule has 0 fully saturated rings. The van der Waals surface area contributed by atoms with E-state index in [0.717, 1.165) is 11.1 Å². The van der Waals surface area contributed by atoms with Crippen molar-refractivity contribution in [2.75, 3.05) is 19.0 Å². The van der Waals surface area contributed by atoms with E-state index >= 15 is 0 Å². The molecule has 0 aliphatic heterocycles. The quantitative estimate of drug-likeness (QED) is 0.774.